The summed E-state index contributed by atoms with van der Waals surface area (Å²) < 4.78 is 0. The van der Waals surface area contributed by atoms with Crippen LogP contribution in [0.2, 0.25) is 0 Å². The normalized spacial score (nSPS) is 24.1. The van der Waals surface area contributed by atoms with Crippen molar-refractivity contribution in [2.45, 2.75) is 12.8 Å². The number of hydrogen-bond acceptors (Lipinski definition) is 2. The molecule has 40 valence electrons. The molecule has 0 amide bonds. The maximum atomic E-state index is 9.96. The van der Waals surface area contributed by atoms with E-state index in [2.05, 4.69) is 0 Å². The number of rotatable bonds is 2. The van der Waals surface area contributed by atoms with Crippen molar-refractivity contribution < 1.29 is 9.90 Å². The Balaban J connectivity index is 2.42. The highest BCUT2D eigenvalue weighted by Gasteiger charge is 2.41. The molecule has 0 bridgehead atoms. The van der Waals surface area contributed by atoms with Gasteiger partial charge in [-0.05, 0) is 12.8 Å². The van der Waals surface area contributed by atoms with Gasteiger partial charge in [0, 0.05) is 5.41 Å². The van der Waals surface area contributed by atoms with Gasteiger partial charge in [-0.1, -0.05) is 0 Å². The van der Waals surface area contributed by atoms with Crippen LogP contribution in [0.3, 0.4) is 0 Å². The van der Waals surface area contributed by atoms with E-state index in [0.717, 1.165) is 19.1 Å². The molecule has 2 heteroatoms. The lowest BCUT2D eigenvalue weighted by molar-refractivity contribution is -0.113. The Bertz CT molecular complexity index is 84.1. The molecule has 0 aromatic rings. The second kappa shape index (κ2) is 1.30. The molecule has 0 spiro atoms. The Morgan fingerprint density at radius 3 is 2.29 bits per heavy atom. The van der Waals surface area contributed by atoms with Crippen molar-refractivity contribution >= 4 is 6.29 Å². The highest BCUT2D eigenvalue weighted by Crippen LogP contribution is 2.42. The summed E-state index contributed by atoms with van der Waals surface area (Å²) in [6.45, 7) is 0.0382. The fourth-order valence-corrected chi connectivity index (χ4v) is 0.474. The molecule has 0 saturated heterocycles. The van der Waals surface area contributed by atoms with E-state index in [1.165, 1.54) is 0 Å². The largest absolute Gasteiger partial charge is 0.395 e. The van der Waals surface area contributed by atoms with Crippen molar-refractivity contribution in [1.82, 2.24) is 0 Å². The van der Waals surface area contributed by atoms with Crippen LogP contribution < -0.4 is 0 Å². The number of hydrogen-bond donors (Lipinski definition) is 1. The molecule has 0 unspecified atom stereocenters. The second-order valence-electron chi connectivity index (χ2n) is 2.14. The van der Waals surface area contributed by atoms with Crippen LogP contribution in [-0.2, 0) is 4.79 Å². The van der Waals surface area contributed by atoms with Crippen molar-refractivity contribution in [2.24, 2.45) is 5.41 Å². The second-order valence-corrected chi connectivity index (χ2v) is 2.14. The van der Waals surface area contributed by atoms with Gasteiger partial charge in [0.2, 0.25) is 0 Å². The summed E-state index contributed by atoms with van der Waals surface area (Å²) in [5, 5.41) is 8.43. The zero-order valence-electron chi connectivity index (χ0n) is 4.05. The molecule has 1 N–H and O–H groups in total. The van der Waals surface area contributed by atoms with Crippen molar-refractivity contribution in [3.05, 3.63) is 0 Å². The predicted molar refractivity (Wildman–Crippen MR) is 24.8 cm³/mol. The van der Waals surface area contributed by atoms with E-state index in [-0.39, 0.29) is 12.0 Å². The van der Waals surface area contributed by atoms with Crippen LogP contribution in [0, 0.1) is 5.41 Å². The average Bonchev–Trinajstić information content (AvgIpc) is 2.46. The maximum Gasteiger partial charge on any atom is 0.128 e. The zero-order chi connectivity index (χ0) is 5.33. The van der Waals surface area contributed by atoms with Crippen LogP contribution in [0.1, 0.15) is 12.8 Å². The summed E-state index contributed by atoms with van der Waals surface area (Å²) in [4.78, 5) is 9.96. The molecule has 0 heterocycles. The van der Waals surface area contributed by atoms with Gasteiger partial charge < -0.3 is 9.90 Å². The molecule has 0 radical (unpaired) electrons. The van der Waals surface area contributed by atoms with E-state index < -0.39 is 0 Å². The van der Waals surface area contributed by atoms with Gasteiger partial charge in [-0.25, -0.2) is 0 Å². The third kappa shape index (κ3) is 0.657. The monoisotopic (exact) mass is 100 g/mol. The van der Waals surface area contributed by atoms with Gasteiger partial charge in [-0.15, -0.1) is 0 Å². The van der Waals surface area contributed by atoms with E-state index in [9.17, 15) is 4.79 Å². The molecule has 0 aliphatic heterocycles. The number of aliphatic hydroxyl groups is 1. The standard InChI is InChI=1S/C5H8O2/c6-3-5(4-7)1-2-5/h3,7H,1-2,4H2. The van der Waals surface area contributed by atoms with Gasteiger partial charge in [-0.3, -0.25) is 0 Å². The number of carbonyl (C=O) groups is 1. The summed E-state index contributed by atoms with van der Waals surface area (Å²) >= 11 is 0. The minimum absolute atomic E-state index is 0.0382. The van der Waals surface area contributed by atoms with Crippen molar-refractivity contribution in [1.29, 1.82) is 0 Å². The lowest BCUT2D eigenvalue weighted by atomic mass is 10.2. The zero-order valence-corrected chi connectivity index (χ0v) is 4.05. The third-order valence-corrected chi connectivity index (χ3v) is 1.46. The van der Waals surface area contributed by atoms with E-state index in [1.54, 1.807) is 0 Å². The van der Waals surface area contributed by atoms with Crippen LogP contribution in [-0.4, -0.2) is 18.0 Å². The summed E-state index contributed by atoms with van der Waals surface area (Å²) in [7, 11) is 0. The summed E-state index contributed by atoms with van der Waals surface area (Å²) in [5.41, 5.74) is -0.292. The van der Waals surface area contributed by atoms with Crippen LogP contribution in [0.4, 0.5) is 0 Å². The molecule has 0 atom stereocenters. The molecule has 0 aromatic carbocycles. The molecule has 2 nitrogen and oxygen atoms in total. The summed E-state index contributed by atoms with van der Waals surface area (Å²) in [6, 6.07) is 0. The minimum atomic E-state index is -0.292. The fourth-order valence-electron chi connectivity index (χ4n) is 0.474. The maximum absolute atomic E-state index is 9.96. The van der Waals surface area contributed by atoms with Crippen molar-refractivity contribution in [2.75, 3.05) is 6.61 Å². The Hall–Kier alpha value is -0.370. The fraction of sp³-hybridized carbons (Fsp3) is 0.800. The Morgan fingerprint density at radius 1 is 1.71 bits per heavy atom. The van der Waals surface area contributed by atoms with Gasteiger partial charge in [0.05, 0.1) is 6.61 Å². The number of aldehydes is 1. The highest BCUT2D eigenvalue weighted by atomic mass is 16.3. The predicted octanol–water partition coefficient (Wildman–Crippen LogP) is -0.0422. The third-order valence-electron chi connectivity index (χ3n) is 1.46. The van der Waals surface area contributed by atoms with E-state index >= 15 is 0 Å². The molecule has 7 heavy (non-hydrogen) atoms. The molecule has 1 saturated carbocycles. The first-order valence-corrected chi connectivity index (χ1v) is 2.40. The number of aliphatic hydroxyl groups excluding tert-OH is 1. The highest BCUT2D eigenvalue weighted by molar-refractivity contribution is 5.63. The van der Waals surface area contributed by atoms with Crippen LogP contribution in [0.25, 0.3) is 0 Å². The van der Waals surface area contributed by atoms with Gasteiger partial charge in [0.15, 0.2) is 0 Å². The van der Waals surface area contributed by atoms with Crippen molar-refractivity contribution in [3.8, 4) is 0 Å². The first-order chi connectivity index (χ1) is 3.33. The first kappa shape index (κ1) is 4.78. The summed E-state index contributed by atoms with van der Waals surface area (Å²) in [6.07, 6.45) is 2.62. The quantitative estimate of drug-likeness (QED) is 0.494. The van der Waals surface area contributed by atoms with E-state index in [4.69, 9.17) is 5.11 Å². The van der Waals surface area contributed by atoms with Gasteiger partial charge >= 0.3 is 0 Å². The SMILES string of the molecule is O=CC1(CO)CC1. The molecule has 1 aliphatic rings. The minimum Gasteiger partial charge on any atom is -0.395 e. The Kier molecular flexibility index (Phi) is 0.889. The Morgan fingerprint density at radius 2 is 2.29 bits per heavy atom. The smallest absolute Gasteiger partial charge is 0.128 e. The van der Waals surface area contributed by atoms with Gasteiger partial charge in [0.25, 0.3) is 0 Å². The lowest BCUT2D eigenvalue weighted by Gasteiger charge is -1.94. The molecular formula is C5H8O2. The van der Waals surface area contributed by atoms with Crippen LogP contribution >= 0.6 is 0 Å². The first-order valence-electron chi connectivity index (χ1n) is 2.40. The van der Waals surface area contributed by atoms with E-state index in [0.29, 0.717) is 0 Å². The topological polar surface area (TPSA) is 37.3 Å². The molecule has 1 rings (SSSR count). The Labute approximate surface area is 42.1 Å². The summed E-state index contributed by atoms with van der Waals surface area (Å²) in [5.74, 6) is 0. The van der Waals surface area contributed by atoms with Gasteiger partial charge in [-0.2, -0.15) is 0 Å². The molecule has 0 aromatic heterocycles. The van der Waals surface area contributed by atoms with Crippen LogP contribution in [0.5, 0.6) is 0 Å². The van der Waals surface area contributed by atoms with Gasteiger partial charge in [0.1, 0.15) is 6.29 Å². The van der Waals surface area contributed by atoms with E-state index in [1.807, 2.05) is 0 Å². The molecule has 1 aliphatic carbocycles. The molecular weight excluding hydrogens is 92.1 g/mol. The lowest BCUT2D eigenvalue weighted by Crippen LogP contribution is -2.06. The average molecular weight is 100 g/mol. The molecule has 1 fully saturated rings. The van der Waals surface area contributed by atoms with Crippen molar-refractivity contribution in [3.63, 3.8) is 0 Å². The number of carbonyl (C=O) groups excluding carboxylic acids is 1. The van der Waals surface area contributed by atoms with Crippen LogP contribution in [0.15, 0.2) is 0 Å².